The largest absolute Gasteiger partial charge is 0.495 e. The number of ether oxygens (including phenoxy) is 2. The lowest BCUT2D eigenvalue weighted by molar-refractivity contribution is -0.141. The maximum Gasteiger partial charge on any atom is 0.321 e. The highest BCUT2D eigenvalue weighted by Crippen LogP contribution is 2.26. The Kier molecular flexibility index (Phi) is 6.45. The Morgan fingerprint density at radius 3 is 2.58 bits per heavy atom. The molecule has 0 bridgehead atoms. The monoisotopic (exact) mass is 305 g/mol. The SMILES string of the molecule is COc1cc(COC(=O)CCl)ccc1NC(=O)CCl. The number of carbonyl (C=O) groups is 2. The molecule has 0 saturated heterocycles. The highest BCUT2D eigenvalue weighted by Gasteiger charge is 2.09. The molecule has 0 aliphatic rings. The maximum atomic E-state index is 11.2. The number of benzene rings is 1. The molecule has 1 aromatic carbocycles. The van der Waals surface area contributed by atoms with E-state index in [0.717, 1.165) is 5.56 Å². The highest BCUT2D eigenvalue weighted by atomic mass is 35.5. The first kappa shape index (κ1) is 15.6. The number of amides is 1. The summed E-state index contributed by atoms with van der Waals surface area (Å²) >= 11 is 10.7. The van der Waals surface area contributed by atoms with Gasteiger partial charge >= 0.3 is 5.97 Å². The molecule has 0 aliphatic heterocycles. The number of carbonyl (C=O) groups excluding carboxylic acids is 2. The molecule has 0 radical (unpaired) electrons. The molecule has 5 nitrogen and oxygen atoms in total. The summed E-state index contributed by atoms with van der Waals surface area (Å²) in [5.41, 5.74) is 1.22. The predicted molar refractivity (Wildman–Crippen MR) is 72.9 cm³/mol. The molecule has 104 valence electrons. The molecule has 0 fully saturated rings. The van der Waals surface area contributed by atoms with E-state index in [9.17, 15) is 9.59 Å². The molecule has 1 rings (SSSR count). The summed E-state index contributed by atoms with van der Waals surface area (Å²) in [7, 11) is 1.47. The van der Waals surface area contributed by atoms with Gasteiger partial charge in [0, 0.05) is 0 Å². The summed E-state index contributed by atoms with van der Waals surface area (Å²) in [5, 5.41) is 2.59. The van der Waals surface area contributed by atoms with E-state index in [1.165, 1.54) is 7.11 Å². The quantitative estimate of drug-likeness (QED) is 0.646. The summed E-state index contributed by atoms with van der Waals surface area (Å²) in [6, 6.07) is 5.01. The number of nitrogens with one attached hydrogen (secondary N) is 1. The van der Waals surface area contributed by atoms with Crippen molar-refractivity contribution >= 4 is 40.8 Å². The molecule has 0 aliphatic carbocycles. The Morgan fingerprint density at radius 1 is 1.26 bits per heavy atom. The minimum atomic E-state index is -0.500. The van der Waals surface area contributed by atoms with E-state index in [0.29, 0.717) is 11.4 Å². The zero-order valence-electron chi connectivity index (χ0n) is 10.2. The van der Waals surface area contributed by atoms with Gasteiger partial charge in [0.1, 0.15) is 24.1 Å². The maximum absolute atomic E-state index is 11.2. The number of halogens is 2. The summed E-state index contributed by atoms with van der Waals surface area (Å²) in [5.74, 6) is -0.710. The second-order valence-electron chi connectivity index (χ2n) is 3.51. The van der Waals surface area contributed by atoms with E-state index >= 15 is 0 Å². The van der Waals surface area contributed by atoms with E-state index in [2.05, 4.69) is 5.32 Å². The van der Waals surface area contributed by atoms with Crippen molar-refractivity contribution in [3.8, 4) is 5.75 Å². The van der Waals surface area contributed by atoms with Crippen molar-refractivity contribution in [2.75, 3.05) is 24.2 Å². The van der Waals surface area contributed by atoms with Crippen molar-refractivity contribution in [1.82, 2.24) is 0 Å². The van der Waals surface area contributed by atoms with Crippen LogP contribution >= 0.6 is 23.2 Å². The molecule has 0 heterocycles. The molecule has 1 N–H and O–H groups in total. The molecule has 0 saturated carbocycles. The molecule has 0 unspecified atom stereocenters. The van der Waals surface area contributed by atoms with Crippen LogP contribution in [0.25, 0.3) is 0 Å². The summed E-state index contributed by atoms with van der Waals surface area (Å²) in [6.07, 6.45) is 0. The average Bonchev–Trinajstić information content (AvgIpc) is 2.45. The lowest BCUT2D eigenvalue weighted by Gasteiger charge is -2.11. The number of hydrogen-bond donors (Lipinski definition) is 1. The lowest BCUT2D eigenvalue weighted by Crippen LogP contribution is -2.13. The molecule has 1 aromatic rings. The third kappa shape index (κ3) is 4.96. The van der Waals surface area contributed by atoms with Crippen molar-refractivity contribution in [2.24, 2.45) is 0 Å². The summed E-state index contributed by atoms with van der Waals surface area (Å²) in [6.45, 7) is 0.0889. The van der Waals surface area contributed by atoms with Crippen LogP contribution < -0.4 is 10.1 Å². The summed E-state index contributed by atoms with van der Waals surface area (Å²) in [4.78, 5) is 22.1. The zero-order valence-corrected chi connectivity index (χ0v) is 11.8. The van der Waals surface area contributed by atoms with Crippen LogP contribution in [0.5, 0.6) is 5.75 Å². The first-order chi connectivity index (χ1) is 9.10. The standard InChI is InChI=1S/C12H13Cl2NO4/c1-18-10-4-8(7-19-12(17)6-14)2-3-9(10)15-11(16)5-13/h2-4H,5-7H2,1H3,(H,15,16). The fourth-order valence-electron chi connectivity index (χ4n) is 1.31. The average molecular weight is 306 g/mol. The van der Waals surface area contributed by atoms with Gasteiger partial charge in [-0.2, -0.15) is 0 Å². The highest BCUT2D eigenvalue weighted by molar-refractivity contribution is 6.29. The van der Waals surface area contributed by atoms with E-state index in [1.807, 2.05) is 0 Å². The van der Waals surface area contributed by atoms with Gasteiger partial charge in [0.2, 0.25) is 5.91 Å². The zero-order chi connectivity index (χ0) is 14.3. The van der Waals surface area contributed by atoms with E-state index in [4.69, 9.17) is 32.7 Å². The fraction of sp³-hybridized carbons (Fsp3) is 0.333. The molecule has 1 amide bonds. The van der Waals surface area contributed by atoms with Gasteiger partial charge in [-0.05, 0) is 17.7 Å². The third-order valence-electron chi connectivity index (χ3n) is 2.17. The number of hydrogen-bond acceptors (Lipinski definition) is 4. The van der Waals surface area contributed by atoms with Crippen LogP contribution in [0.1, 0.15) is 5.56 Å². The number of rotatable bonds is 6. The number of methoxy groups -OCH3 is 1. The van der Waals surface area contributed by atoms with Crippen LogP contribution in [0.3, 0.4) is 0 Å². The second-order valence-corrected chi connectivity index (χ2v) is 4.05. The molecule has 7 heteroatoms. The molecular weight excluding hydrogens is 293 g/mol. The van der Waals surface area contributed by atoms with Gasteiger partial charge in [-0.15, -0.1) is 23.2 Å². The van der Waals surface area contributed by atoms with Gasteiger partial charge in [0.15, 0.2) is 0 Å². The fourth-order valence-corrected chi connectivity index (χ4v) is 1.46. The van der Waals surface area contributed by atoms with E-state index < -0.39 is 5.97 Å². The Hall–Kier alpha value is -1.46. The van der Waals surface area contributed by atoms with Crippen LogP contribution in [0.2, 0.25) is 0 Å². The Bertz CT molecular complexity index is 465. The smallest absolute Gasteiger partial charge is 0.321 e. The molecule has 19 heavy (non-hydrogen) atoms. The first-order valence-corrected chi connectivity index (χ1v) is 6.42. The van der Waals surface area contributed by atoms with Gasteiger partial charge in [-0.1, -0.05) is 6.07 Å². The van der Waals surface area contributed by atoms with Crippen LogP contribution in [0, 0.1) is 0 Å². The number of alkyl halides is 2. The van der Waals surface area contributed by atoms with Crippen molar-refractivity contribution in [1.29, 1.82) is 0 Å². The van der Waals surface area contributed by atoms with Gasteiger partial charge < -0.3 is 14.8 Å². The number of esters is 1. The van der Waals surface area contributed by atoms with Crippen molar-refractivity contribution < 1.29 is 19.1 Å². The third-order valence-corrected chi connectivity index (χ3v) is 2.63. The first-order valence-electron chi connectivity index (χ1n) is 5.35. The van der Waals surface area contributed by atoms with E-state index in [1.54, 1.807) is 18.2 Å². The van der Waals surface area contributed by atoms with Gasteiger partial charge in [0.25, 0.3) is 0 Å². The Morgan fingerprint density at radius 2 is 2.00 bits per heavy atom. The molecule has 0 atom stereocenters. The Balaban J connectivity index is 2.77. The van der Waals surface area contributed by atoms with E-state index in [-0.39, 0.29) is 24.3 Å². The van der Waals surface area contributed by atoms with Crippen molar-refractivity contribution in [3.05, 3.63) is 23.8 Å². The Labute approximate surface area is 120 Å². The second kappa shape index (κ2) is 7.86. The molecule has 0 aromatic heterocycles. The van der Waals surface area contributed by atoms with Gasteiger partial charge in [-0.25, -0.2) is 0 Å². The van der Waals surface area contributed by atoms with Crippen molar-refractivity contribution in [3.63, 3.8) is 0 Å². The molecule has 0 spiro atoms. The summed E-state index contributed by atoms with van der Waals surface area (Å²) < 4.78 is 10.0. The van der Waals surface area contributed by atoms with Crippen LogP contribution in [0.4, 0.5) is 5.69 Å². The normalized spacial score (nSPS) is 9.84. The van der Waals surface area contributed by atoms with Crippen molar-refractivity contribution in [2.45, 2.75) is 6.61 Å². The minimum Gasteiger partial charge on any atom is -0.495 e. The van der Waals surface area contributed by atoms with Crippen LogP contribution in [-0.4, -0.2) is 30.7 Å². The van der Waals surface area contributed by atoms with Gasteiger partial charge in [0.05, 0.1) is 12.8 Å². The topological polar surface area (TPSA) is 64.6 Å². The predicted octanol–water partition coefficient (Wildman–Crippen LogP) is 2.15. The lowest BCUT2D eigenvalue weighted by atomic mass is 10.2. The minimum absolute atomic E-state index is 0.0889. The molecular formula is C12H13Cl2NO4. The van der Waals surface area contributed by atoms with Crippen LogP contribution in [0.15, 0.2) is 18.2 Å². The van der Waals surface area contributed by atoms with Gasteiger partial charge in [-0.3, -0.25) is 9.59 Å². The van der Waals surface area contributed by atoms with Crippen LogP contribution in [-0.2, 0) is 20.9 Å². The number of anilines is 1.